The van der Waals surface area contributed by atoms with Crippen LogP contribution in [0.5, 0.6) is 0 Å². The van der Waals surface area contributed by atoms with Crippen molar-refractivity contribution in [3.8, 4) is 0 Å². The van der Waals surface area contributed by atoms with Gasteiger partial charge in [0.2, 0.25) is 5.91 Å². The van der Waals surface area contributed by atoms with E-state index in [9.17, 15) is 29.1 Å². The molecule has 0 aromatic heterocycles. The molecule has 0 unspecified atom stereocenters. The van der Waals surface area contributed by atoms with Crippen LogP contribution in [0.2, 0.25) is 0 Å². The predicted octanol–water partition coefficient (Wildman–Crippen LogP) is -0.470. The summed E-state index contributed by atoms with van der Waals surface area (Å²) in [6.07, 6.45) is -0.988. The first kappa shape index (κ1) is 27.4. The molecule has 1 rings (SSSR count). The summed E-state index contributed by atoms with van der Waals surface area (Å²) in [6, 6.07) is 5.74. The van der Waals surface area contributed by atoms with Crippen LogP contribution in [0.3, 0.4) is 0 Å². The van der Waals surface area contributed by atoms with E-state index in [1.54, 1.807) is 30.3 Å². The molecule has 0 aliphatic heterocycles. The Kier molecular flexibility index (Phi) is 11.3. The van der Waals surface area contributed by atoms with Gasteiger partial charge in [0.1, 0.15) is 18.7 Å². The van der Waals surface area contributed by atoms with Gasteiger partial charge in [0.25, 0.3) is 0 Å². The van der Waals surface area contributed by atoms with Crippen molar-refractivity contribution in [3.05, 3.63) is 35.9 Å². The van der Waals surface area contributed by atoms with Gasteiger partial charge in [0, 0.05) is 5.92 Å². The molecule has 0 heterocycles. The minimum Gasteiger partial charge on any atom is -0.468 e. The van der Waals surface area contributed by atoms with Crippen molar-refractivity contribution in [2.45, 2.75) is 25.6 Å². The van der Waals surface area contributed by atoms with Crippen molar-refractivity contribution in [1.82, 2.24) is 10.6 Å². The number of methoxy groups -OCH3 is 3. The average molecular weight is 468 g/mol. The number of aliphatic hydroxyl groups is 1. The molecule has 3 N–H and O–H groups in total. The first-order chi connectivity index (χ1) is 15.7. The highest BCUT2D eigenvalue weighted by Crippen LogP contribution is 2.20. The zero-order chi connectivity index (χ0) is 25.0. The maximum absolute atomic E-state index is 12.6. The summed E-state index contributed by atoms with van der Waals surface area (Å²) in [5.41, 5.74) is 0.703. The summed E-state index contributed by atoms with van der Waals surface area (Å²) in [7, 11) is 3.13. The molecule has 0 aliphatic rings. The van der Waals surface area contributed by atoms with Gasteiger partial charge in [-0.2, -0.15) is 0 Å². The topological polar surface area (TPSA) is 167 Å². The Hall–Kier alpha value is -3.67. The van der Waals surface area contributed by atoms with Crippen LogP contribution in [0.4, 0.5) is 4.79 Å². The van der Waals surface area contributed by atoms with Gasteiger partial charge in [-0.05, 0) is 5.56 Å². The first-order valence-corrected chi connectivity index (χ1v) is 9.82. The molecule has 0 saturated carbocycles. The Morgan fingerprint density at radius 3 is 1.91 bits per heavy atom. The summed E-state index contributed by atoms with van der Waals surface area (Å²) in [5.74, 6) is -6.65. The number of hydrogen-bond acceptors (Lipinski definition) is 10. The number of amides is 2. The molecule has 0 bridgehead atoms. The van der Waals surface area contributed by atoms with E-state index in [0.717, 1.165) is 21.3 Å². The second kappa shape index (κ2) is 13.7. The molecule has 12 nitrogen and oxygen atoms in total. The standard InChI is InChI=1S/C21H28N2O10/c1-12(15(18(26)30-2)19(27)31-3)16(20(28)32-4)23-17(25)14(10-24)22-21(29)33-11-13-8-6-5-7-9-13/h5-9,12,14-16,24H,10-11H2,1-4H3,(H,22,29)(H,23,25)/t12-,14+,16+/m1/s1. The van der Waals surface area contributed by atoms with Gasteiger partial charge in [-0.3, -0.25) is 14.4 Å². The molecule has 1 aromatic carbocycles. The highest BCUT2D eigenvalue weighted by molar-refractivity contribution is 5.97. The lowest BCUT2D eigenvalue weighted by atomic mass is 9.87. The van der Waals surface area contributed by atoms with E-state index < -0.39 is 60.4 Å². The van der Waals surface area contributed by atoms with E-state index in [1.807, 2.05) is 0 Å². The van der Waals surface area contributed by atoms with Gasteiger partial charge in [0.05, 0.1) is 27.9 Å². The highest BCUT2D eigenvalue weighted by Gasteiger charge is 2.43. The number of ether oxygens (including phenoxy) is 4. The van der Waals surface area contributed by atoms with E-state index in [0.29, 0.717) is 5.56 Å². The third kappa shape index (κ3) is 8.07. The van der Waals surface area contributed by atoms with E-state index in [2.05, 4.69) is 24.8 Å². The SMILES string of the molecule is COC(=O)C(C(=O)OC)[C@@H](C)[C@H](NC(=O)[C@H](CO)NC(=O)OCc1ccccc1)C(=O)OC. The second-order valence-corrected chi connectivity index (χ2v) is 6.83. The van der Waals surface area contributed by atoms with E-state index in [-0.39, 0.29) is 6.61 Å². The fourth-order valence-electron chi connectivity index (χ4n) is 2.86. The third-order valence-corrected chi connectivity index (χ3v) is 4.72. The Labute approximate surface area is 190 Å². The fraction of sp³-hybridized carbons (Fsp3) is 0.476. The minimum absolute atomic E-state index is 0.0752. The molecule has 3 atom stereocenters. The number of carbonyl (C=O) groups excluding carboxylic acids is 5. The number of esters is 3. The van der Waals surface area contributed by atoms with Gasteiger partial charge in [-0.15, -0.1) is 0 Å². The predicted molar refractivity (Wildman–Crippen MR) is 111 cm³/mol. The van der Waals surface area contributed by atoms with Crippen LogP contribution in [0.25, 0.3) is 0 Å². The smallest absolute Gasteiger partial charge is 0.408 e. The van der Waals surface area contributed by atoms with Crippen molar-refractivity contribution >= 4 is 29.9 Å². The maximum atomic E-state index is 12.6. The van der Waals surface area contributed by atoms with Gasteiger partial charge in [-0.1, -0.05) is 37.3 Å². The van der Waals surface area contributed by atoms with E-state index in [4.69, 9.17) is 4.74 Å². The van der Waals surface area contributed by atoms with Gasteiger partial charge in [0.15, 0.2) is 5.92 Å². The Morgan fingerprint density at radius 1 is 0.879 bits per heavy atom. The molecule has 0 spiro atoms. The molecule has 0 saturated heterocycles. The molecule has 2 amide bonds. The van der Waals surface area contributed by atoms with Crippen LogP contribution in [0, 0.1) is 11.8 Å². The van der Waals surface area contributed by atoms with E-state index in [1.165, 1.54) is 6.92 Å². The lowest BCUT2D eigenvalue weighted by Gasteiger charge is -2.28. The summed E-state index contributed by atoms with van der Waals surface area (Å²) in [6.45, 7) is 0.427. The van der Waals surface area contributed by atoms with Gasteiger partial charge < -0.3 is 34.7 Å². The first-order valence-electron chi connectivity index (χ1n) is 9.82. The van der Waals surface area contributed by atoms with Crippen LogP contribution in [-0.4, -0.2) is 75.0 Å². The van der Waals surface area contributed by atoms with Gasteiger partial charge in [-0.25, -0.2) is 9.59 Å². The lowest BCUT2D eigenvalue weighted by molar-refractivity contribution is -0.163. The van der Waals surface area contributed by atoms with Crippen LogP contribution in [0.15, 0.2) is 30.3 Å². The second-order valence-electron chi connectivity index (χ2n) is 6.83. The maximum Gasteiger partial charge on any atom is 0.408 e. The van der Waals surface area contributed by atoms with Gasteiger partial charge >= 0.3 is 24.0 Å². The largest absolute Gasteiger partial charge is 0.468 e. The number of benzene rings is 1. The summed E-state index contributed by atoms with van der Waals surface area (Å²) >= 11 is 0. The van der Waals surface area contributed by atoms with Crippen LogP contribution >= 0.6 is 0 Å². The van der Waals surface area contributed by atoms with Crippen LogP contribution < -0.4 is 10.6 Å². The fourth-order valence-corrected chi connectivity index (χ4v) is 2.86. The van der Waals surface area contributed by atoms with Crippen molar-refractivity contribution in [2.24, 2.45) is 11.8 Å². The number of rotatable bonds is 11. The molecule has 0 aliphatic carbocycles. The molecular weight excluding hydrogens is 440 g/mol. The zero-order valence-electron chi connectivity index (χ0n) is 18.7. The summed E-state index contributed by atoms with van der Waals surface area (Å²) in [5, 5.41) is 14.0. The zero-order valence-corrected chi connectivity index (χ0v) is 18.7. The molecule has 33 heavy (non-hydrogen) atoms. The number of carbonyl (C=O) groups is 5. The number of hydrogen-bond donors (Lipinski definition) is 3. The Bertz CT molecular complexity index is 814. The summed E-state index contributed by atoms with van der Waals surface area (Å²) in [4.78, 5) is 61.1. The molecule has 1 aromatic rings. The average Bonchev–Trinajstić information content (AvgIpc) is 2.84. The van der Waals surface area contributed by atoms with Crippen molar-refractivity contribution < 1.29 is 48.0 Å². The number of aliphatic hydroxyl groups excluding tert-OH is 1. The molecule has 0 radical (unpaired) electrons. The summed E-state index contributed by atoms with van der Waals surface area (Å²) < 4.78 is 18.9. The number of nitrogens with one attached hydrogen (secondary N) is 2. The minimum atomic E-state index is -1.55. The lowest BCUT2D eigenvalue weighted by Crippen LogP contribution is -2.57. The number of alkyl carbamates (subject to hydrolysis) is 1. The quantitative estimate of drug-likeness (QED) is 0.219. The Morgan fingerprint density at radius 2 is 1.42 bits per heavy atom. The van der Waals surface area contributed by atoms with E-state index >= 15 is 0 Å². The van der Waals surface area contributed by atoms with Crippen molar-refractivity contribution in [2.75, 3.05) is 27.9 Å². The van der Waals surface area contributed by atoms with Crippen molar-refractivity contribution in [1.29, 1.82) is 0 Å². The normalized spacial score (nSPS) is 13.2. The van der Waals surface area contributed by atoms with Crippen molar-refractivity contribution in [3.63, 3.8) is 0 Å². The molecule has 12 heteroatoms. The van der Waals surface area contributed by atoms with Crippen LogP contribution in [-0.2, 0) is 44.7 Å². The third-order valence-electron chi connectivity index (χ3n) is 4.72. The molecule has 182 valence electrons. The van der Waals surface area contributed by atoms with Crippen LogP contribution in [0.1, 0.15) is 12.5 Å². The molecule has 0 fully saturated rings. The Balaban J connectivity index is 2.91. The highest BCUT2D eigenvalue weighted by atomic mass is 16.6. The monoisotopic (exact) mass is 468 g/mol. The molecular formula is C21H28N2O10.